The lowest BCUT2D eigenvalue weighted by Crippen LogP contribution is -2.67. The molecule has 90 heavy (non-hydrogen) atoms. The predicted molar refractivity (Wildman–Crippen MR) is 348 cm³/mol. The van der Waals surface area contributed by atoms with Gasteiger partial charge in [0.05, 0.1) is 81.9 Å². The monoisotopic (exact) mass is 1290 g/mol. The number of amides is 2. The van der Waals surface area contributed by atoms with Crippen molar-refractivity contribution in [2.24, 2.45) is 0 Å². The van der Waals surface area contributed by atoms with Crippen LogP contribution in [0.4, 0.5) is 0 Å². The van der Waals surface area contributed by atoms with Crippen LogP contribution in [0.5, 0.6) is 0 Å². The molecular formula is C70H130N2O18. The van der Waals surface area contributed by atoms with E-state index in [1.54, 1.807) is 0 Å². The Kier molecular flexibility index (Phi) is 49.1. The van der Waals surface area contributed by atoms with E-state index >= 15 is 0 Å². The first-order valence-electron chi connectivity index (χ1n) is 36.3. The number of esters is 2. The minimum absolute atomic E-state index is 0.299. The molecule has 10 unspecified atom stereocenters. The Balaban J connectivity index is 2.39. The van der Waals surface area contributed by atoms with Gasteiger partial charge in [-0.15, -0.1) is 0 Å². The lowest BCUT2D eigenvalue weighted by molar-refractivity contribution is -0.288. The number of nitrogens with one attached hydrogen (secondary N) is 2. The molecule has 0 aromatic rings. The van der Waals surface area contributed by atoms with Gasteiger partial charge in [0.25, 0.3) is 0 Å². The molecule has 0 aromatic carbocycles. The summed E-state index contributed by atoms with van der Waals surface area (Å²) in [5.41, 5.74) is 0. The van der Waals surface area contributed by atoms with Crippen LogP contribution in [0.1, 0.15) is 317 Å². The summed E-state index contributed by atoms with van der Waals surface area (Å²) in [6.07, 6.45) is 19.5. The number of aliphatic hydroxyl groups excluding tert-OH is 7. The number of carboxylic acid groups (broad SMARTS) is 1. The number of carboxylic acids is 1. The summed E-state index contributed by atoms with van der Waals surface area (Å²) in [7, 11) is 0. The van der Waals surface area contributed by atoms with E-state index in [2.05, 4.69) is 38.3 Å². The number of rotatable bonds is 58. The molecule has 0 bridgehead atoms. The number of carbonyl (C=O) groups excluding carboxylic acids is 4. The second kappa shape index (κ2) is 53.2. The van der Waals surface area contributed by atoms with Crippen LogP contribution in [0.15, 0.2) is 0 Å². The van der Waals surface area contributed by atoms with Gasteiger partial charge in [0.15, 0.2) is 18.5 Å². The van der Waals surface area contributed by atoms with Gasteiger partial charge in [0, 0.05) is 0 Å². The van der Waals surface area contributed by atoms with Crippen LogP contribution >= 0.6 is 0 Å². The highest BCUT2D eigenvalue weighted by molar-refractivity contribution is 5.78. The van der Waals surface area contributed by atoms with Crippen molar-refractivity contribution in [2.45, 2.75) is 402 Å². The van der Waals surface area contributed by atoms with Gasteiger partial charge >= 0.3 is 17.9 Å². The Morgan fingerprint density at radius 3 is 1.03 bits per heavy atom. The predicted octanol–water partition coefficient (Wildman–Crippen LogP) is 11.2. The second-order valence-corrected chi connectivity index (χ2v) is 26.3. The Hall–Kier alpha value is -3.05. The van der Waals surface area contributed by atoms with Crippen LogP contribution in [-0.4, -0.2) is 169 Å². The lowest BCUT2D eigenvalue weighted by atomic mass is 9.90. The molecule has 2 fully saturated rings. The average Bonchev–Trinajstić information content (AvgIpc) is 0.969. The van der Waals surface area contributed by atoms with E-state index in [4.69, 9.17) is 23.7 Å². The molecule has 2 amide bonds. The van der Waals surface area contributed by atoms with E-state index in [1.807, 2.05) is 0 Å². The minimum Gasteiger partial charge on any atom is -0.481 e. The highest BCUT2D eigenvalue weighted by atomic mass is 16.7. The maximum Gasteiger partial charge on any atom is 0.308 e. The summed E-state index contributed by atoms with van der Waals surface area (Å²) in [4.78, 5) is 67.7. The maximum absolute atomic E-state index is 13.9. The number of carbonyl (C=O) groups is 5. The Bertz CT molecular complexity index is 1820. The summed E-state index contributed by atoms with van der Waals surface area (Å²) in [5, 5.41) is 94.0. The summed E-state index contributed by atoms with van der Waals surface area (Å²) >= 11 is 0. The topological polar surface area (TPSA) is 317 Å². The van der Waals surface area contributed by atoms with Gasteiger partial charge in [-0.05, 0) is 25.7 Å². The number of aliphatic hydroxyl groups is 7. The van der Waals surface area contributed by atoms with Crippen LogP contribution in [0.3, 0.4) is 0 Å². The van der Waals surface area contributed by atoms with Gasteiger partial charge in [-0.3, -0.25) is 24.0 Å². The van der Waals surface area contributed by atoms with Crippen molar-refractivity contribution < 1.29 is 88.5 Å². The Morgan fingerprint density at radius 1 is 0.400 bits per heavy atom. The van der Waals surface area contributed by atoms with Gasteiger partial charge in [-0.2, -0.15) is 0 Å². The Labute approximate surface area is 542 Å². The van der Waals surface area contributed by atoms with Crippen LogP contribution in [0, 0.1) is 0 Å². The highest BCUT2D eigenvalue weighted by Crippen LogP contribution is 2.31. The number of aliphatic carboxylic acids is 1. The minimum atomic E-state index is -1.86. The first-order chi connectivity index (χ1) is 43.5. The molecule has 0 aliphatic carbocycles. The molecule has 2 heterocycles. The zero-order chi connectivity index (χ0) is 66.2. The van der Waals surface area contributed by atoms with E-state index < -0.39 is 148 Å². The summed E-state index contributed by atoms with van der Waals surface area (Å²) in [6, 6.07) is -3.02. The van der Waals surface area contributed by atoms with Crippen molar-refractivity contribution >= 4 is 29.7 Å². The lowest BCUT2D eigenvalue weighted by Gasteiger charge is -2.46. The fourth-order valence-electron chi connectivity index (χ4n) is 12.4. The molecule has 20 nitrogen and oxygen atoms in total. The van der Waals surface area contributed by atoms with Crippen molar-refractivity contribution in [3.63, 3.8) is 0 Å². The van der Waals surface area contributed by atoms with E-state index in [9.17, 15) is 64.8 Å². The highest BCUT2D eigenvalue weighted by Gasteiger charge is 2.52. The molecule has 2 rings (SSSR count). The second-order valence-electron chi connectivity index (χ2n) is 26.3. The van der Waals surface area contributed by atoms with Crippen LogP contribution in [0.25, 0.3) is 0 Å². The largest absolute Gasteiger partial charge is 0.481 e. The SMILES string of the molecule is CCCCCCCCCCC[C@@H](O)CC(=O)NC1C(CC(=O)O)OC(COC2OC(CO)C(O)C(OC(=O)C[C@H](O)CCCCCCCCCCC)C2NC(=O)C[C@H](O)CCCCCCCCCCC)C(O)C1OC(=O)C[C@H](O)CCCCCCCCCCC. The van der Waals surface area contributed by atoms with Gasteiger partial charge in [-0.1, -0.05) is 259 Å². The third kappa shape index (κ3) is 39.0. The Morgan fingerprint density at radius 2 is 0.700 bits per heavy atom. The van der Waals surface area contributed by atoms with Gasteiger partial charge in [0.1, 0.15) is 30.5 Å². The molecule has 2 aliphatic rings. The molecule has 20 heteroatoms. The third-order valence-corrected chi connectivity index (χ3v) is 17.9. The van der Waals surface area contributed by atoms with Crippen molar-refractivity contribution in [3.8, 4) is 0 Å². The smallest absolute Gasteiger partial charge is 0.308 e. The molecular weight excluding hydrogens is 1160 g/mol. The van der Waals surface area contributed by atoms with E-state index in [-0.39, 0.29) is 12.8 Å². The van der Waals surface area contributed by atoms with Crippen molar-refractivity contribution in [3.05, 3.63) is 0 Å². The standard InChI is InChI=1S/C70H130N2O18/c1-5-9-13-17-21-25-29-33-37-41-52(74)45-59(78)71-64-56(49-61(80)81)87-58(67(85)68(64)89-62(82)47-54(76)43-39-35-31-27-23-19-15-11-7-3)51-86-70-65(72-60(79)46-53(75)42-38-34-30-26-22-18-14-10-6-2)69(66(84)57(50-73)88-70)90-63(83)48-55(77)44-40-36-32-28-24-20-16-12-8-4/h52-58,64-70,73-77,84-85H,5-51H2,1-4H3,(H,71,78)(H,72,79)(H,80,81)/t52-,53-,54-,55-,56?,57?,58?,64?,65?,66?,67?,68?,69?,70?/m1/s1. The normalized spacial score (nSPS) is 23.2. The molecule has 2 saturated heterocycles. The third-order valence-electron chi connectivity index (χ3n) is 17.9. The number of ether oxygens (including phenoxy) is 5. The van der Waals surface area contributed by atoms with Crippen molar-refractivity contribution in [1.29, 1.82) is 0 Å². The molecule has 0 saturated carbocycles. The van der Waals surface area contributed by atoms with Crippen LogP contribution < -0.4 is 10.6 Å². The summed E-state index contributed by atoms with van der Waals surface area (Å²) < 4.78 is 30.3. The van der Waals surface area contributed by atoms with Gasteiger partial charge in [0.2, 0.25) is 11.8 Å². The fraction of sp³-hybridized carbons (Fsp3) is 0.929. The van der Waals surface area contributed by atoms with Crippen molar-refractivity contribution in [1.82, 2.24) is 10.6 Å². The van der Waals surface area contributed by atoms with Crippen molar-refractivity contribution in [2.75, 3.05) is 13.2 Å². The zero-order valence-corrected chi connectivity index (χ0v) is 56.5. The van der Waals surface area contributed by atoms with Crippen LogP contribution in [-0.2, 0) is 47.7 Å². The molecule has 528 valence electrons. The van der Waals surface area contributed by atoms with E-state index in [0.29, 0.717) is 51.4 Å². The fourth-order valence-corrected chi connectivity index (χ4v) is 12.4. The molecule has 2 aliphatic heterocycles. The molecule has 10 N–H and O–H groups in total. The van der Waals surface area contributed by atoms with Crippen LogP contribution in [0.2, 0.25) is 0 Å². The summed E-state index contributed by atoms with van der Waals surface area (Å²) in [6.45, 7) is 7.19. The maximum atomic E-state index is 13.9. The quantitative estimate of drug-likeness (QED) is 0.0200. The first-order valence-corrected chi connectivity index (χ1v) is 36.3. The average molecular weight is 1290 g/mol. The number of hydrogen-bond donors (Lipinski definition) is 10. The van der Waals surface area contributed by atoms with Gasteiger partial charge in [-0.25, -0.2) is 0 Å². The molecule has 0 spiro atoms. The molecule has 0 aromatic heterocycles. The zero-order valence-electron chi connectivity index (χ0n) is 56.5. The molecule has 14 atom stereocenters. The summed E-state index contributed by atoms with van der Waals surface area (Å²) in [5.74, 6) is -4.67. The van der Waals surface area contributed by atoms with Gasteiger partial charge < -0.3 is 75.2 Å². The number of unbranched alkanes of at least 4 members (excludes halogenated alkanes) is 32. The number of hydrogen-bond acceptors (Lipinski definition) is 17. The molecule has 0 radical (unpaired) electrons. The first kappa shape index (κ1) is 83.0. The van der Waals surface area contributed by atoms with E-state index in [1.165, 1.54) is 103 Å². The van der Waals surface area contributed by atoms with E-state index in [0.717, 1.165) is 103 Å².